The average molecular weight is 595 g/mol. The monoisotopic (exact) mass is 594 g/mol. The van der Waals surface area contributed by atoms with Gasteiger partial charge in [0, 0.05) is 74.3 Å². The fourth-order valence-electron chi connectivity index (χ4n) is 5.89. The van der Waals surface area contributed by atoms with Gasteiger partial charge in [-0.2, -0.15) is 10.4 Å². The summed E-state index contributed by atoms with van der Waals surface area (Å²) >= 11 is 0. The van der Waals surface area contributed by atoms with E-state index in [2.05, 4.69) is 48.4 Å². The molecule has 4 heterocycles. The van der Waals surface area contributed by atoms with E-state index < -0.39 is 0 Å². The second-order valence-corrected chi connectivity index (χ2v) is 11.2. The van der Waals surface area contributed by atoms with Crippen molar-refractivity contribution < 1.29 is 14.2 Å². The topological polar surface area (TPSA) is 114 Å². The summed E-state index contributed by atoms with van der Waals surface area (Å²) in [6.45, 7) is 8.34. The van der Waals surface area contributed by atoms with E-state index in [1.807, 2.05) is 37.4 Å². The van der Waals surface area contributed by atoms with Crippen LogP contribution < -0.4 is 19.7 Å². The maximum Gasteiger partial charge on any atom is 0.227 e. The number of nitrogens with one attached hydrogen (secondary N) is 1. The van der Waals surface area contributed by atoms with Gasteiger partial charge in [-0.1, -0.05) is 6.07 Å². The number of nitrogens with zero attached hydrogens (tertiary/aromatic N) is 7. The molecule has 2 aromatic carbocycles. The number of aromatic nitrogens is 4. The van der Waals surface area contributed by atoms with Gasteiger partial charge < -0.3 is 24.4 Å². The third kappa shape index (κ3) is 6.93. The van der Waals surface area contributed by atoms with Gasteiger partial charge >= 0.3 is 0 Å². The summed E-state index contributed by atoms with van der Waals surface area (Å²) in [5, 5.41) is 17.2. The van der Waals surface area contributed by atoms with E-state index in [1.54, 1.807) is 36.4 Å². The van der Waals surface area contributed by atoms with Crippen molar-refractivity contribution in [3.8, 4) is 28.7 Å². The van der Waals surface area contributed by atoms with Gasteiger partial charge in [0.05, 0.1) is 38.1 Å². The van der Waals surface area contributed by atoms with Crippen LogP contribution in [0, 0.1) is 11.3 Å². The second-order valence-electron chi connectivity index (χ2n) is 11.2. The van der Waals surface area contributed by atoms with Crippen molar-refractivity contribution in [2.24, 2.45) is 0 Å². The Morgan fingerprint density at radius 2 is 1.82 bits per heavy atom. The molecule has 11 nitrogen and oxygen atoms in total. The molecule has 44 heavy (non-hydrogen) atoms. The van der Waals surface area contributed by atoms with E-state index in [4.69, 9.17) is 14.2 Å². The zero-order valence-electron chi connectivity index (χ0n) is 25.2. The Balaban J connectivity index is 1.10. The zero-order valence-corrected chi connectivity index (χ0v) is 25.2. The molecule has 2 saturated heterocycles. The fraction of sp³-hybridized carbons (Fsp3) is 0.394. The van der Waals surface area contributed by atoms with E-state index in [-0.39, 0.29) is 6.10 Å². The van der Waals surface area contributed by atoms with Crippen LogP contribution in [0.1, 0.15) is 25.3 Å². The second kappa shape index (κ2) is 13.8. The summed E-state index contributed by atoms with van der Waals surface area (Å²) in [4.78, 5) is 14.1. The molecule has 4 aromatic rings. The molecule has 1 atom stereocenters. The van der Waals surface area contributed by atoms with Crippen molar-refractivity contribution >= 4 is 17.3 Å². The van der Waals surface area contributed by atoms with Crippen LogP contribution in [-0.4, -0.2) is 83.3 Å². The molecule has 2 aliphatic rings. The molecule has 0 spiro atoms. The van der Waals surface area contributed by atoms with Crippen LogP contribution in [-0.2, 0) is 11.3 Å². The lowest BCUT2D eigenvalue weighted by molar-refractivity contribution is 0.0115. The van der Waals surface area contributed by atoms with Gasteiger partial charge in [0.25, 0.3) is 0 Å². The number of hydrogen-bond acceptors (Lipinski definition) is 10. The maximum absolute atomic E-state index is 9.62. The smallest absolute Gasteiger partial charge is 0.227 e. The van der Waals surface area contributed by atoms with Crippen molar-refractivity contribution in [2.45, 2.75) is 38.5 Å². The fourth-order valence-corrected chi connectivity index (χ4v) is 5.89. The number of benzene rings is 2. The highest BCUT2D eigenvalue weighted by molar-refractivity contribution is 5.70. The SMILES string of the molecule is COc1cc(N2CCC(N3CCOCC3)CC2)ccc1Nc1ncc(-c2ccc(C#N)c(OC(C)Cn3cccn3)c2)cn1. The van der Waals surface area contributed by atoms with Gasteiger partial charge in [0.15, 0.2) is 0 Å². The molecule has 0 amide bonds. The van der Waals surface area contributed by atoms with Crippen LogP contribution >= 0.6 is 0 Å². The Morgan fingerprint density at radius 1 is 1.02 bits per heavy atom. The molecular formula is C33H38N8O3. The minimum atomic E-state index is -0.177. The molecule has 0 saturated carbocycles. The molecule has 2 fully saturated rings. The van der Waals surface area contributed by atoms with E-state index in [0.29, 0.717) is 29.8 Å². The van der Waals surface area contributed by atoms with Crippen molar-refractivity contribution in [2.75, 3.05) is 56.7 Å². The lowest BCUT2D eigenvalue weighted by Crippen LogP contribution is -2.49. The number of ether oxygens (including phenoxy) is 3. The number of anilines is 3. The van der Waals surface area contributed by atoms with Crippen LogP contribution in [0.2, 0.25) is 0 Å². The summed E-state index contributed by atoms with van der Waals surface area (Å²) in [5.41, 5.74) is 4.09. The van der Waals surface area contributed by atoms with E-state index in [9.17, 15) is 5.26 Å². The first kappa shape index (κ1) is 29.4. The number of piperidine rings is 1. The van der Waals surface area contributed by atoms with Crippen LogP contribution in [0.5, 0.6) is 11.5 Å². The molecule has 1 N–H and O–H groups in total. The first-order valence-electron chi connectivity index (χ1n) is 15.1. The highest BCUT2D eigenvalue weighted by Crippen LogP contribution is 2.33. The number of morpholine rings is 1. The Morgan fingerprint density at radius 3 is 2.52 bits per heavy atom. The predicted octanol–water partition coefficient (Wildman–Crippen LogP) is 4.73. The molecular weight excluding hydrogens is 556 g/mol. The number of hydrogen-bond donors (Lipinski definition) is 1. The summed E-state index contributed by atoms with van der Waals surface area (Å²) in [6.07, 6.45) is 9.26. The van der Waals surface area contributed by atoms with E-state index >= 15 is 0 Å². The molecule has 6 rings (SSSR count). The molecule has 228 valence electrons. The molecule has 0 radical (unpaired) electrons. The Kier molecular flexibility index (Phi) is 9.20. The van der Waals surface area contributed by atoms with Gasteiger partial charge in [-0.05, 0) is 55.7 Å². The Labute approximate surface area is 258 Å². The molecule has 2 aromatic heterocycles. The van der Waals surface area contributed by atoms with E-state index in [1.165, 1.54) is 0 Å². The summed E-state index contributed by atoms with van der Waals surface area (Å²) in [7, 11) is 1.68. The molecule has 2 aliphatic heterocycles. The molecule has 1 unspecified atom stereocenters. The highest BCUT2D eigenvalue weighted by Gasteiger charge is 2.26. The molecule has 0 bridgehead atoms. The number of nitriles is 1. The minimum absolute atomic E-state index is 0.177. The average Bonchev–Trinajstić information content (AvgIpc) is 3.58. The normalized spacial score (nSPS) is 16.7. The van der Waals surface area contributed by atoms with Gasteiger partial charge in [-0.3, -0.25) is 9.58 Å². The van der Waals surface area contributed by atoms with Crippen LogP contribution in [0.15, 0.2) is 67.3 Å². The van der Waals surface area contributed by atoms with Crippen molar-refractivity contribution in [3.05, 3.63) is 72.8 Å². The quantitative estimate of drug-likeness (QED) is 0.276. The largest absolute Gasteiger partial charge is 0.494 e. The summed E-state index contributed by atoms with van der Waals surface area (Å²) in [5.74, 6) is 1.72. The van der Waals surface area contributed by atoms with Crippen molar-refractivity contribution in [1.29, 1.82) is 5.26 Å². The van der Waals surface area contributed by atoms with Crippen LogP contribution in [0.4, 0.5) is 17.3 Å². The van der Waals surface area contributed by atoms with Crippen LogP contribution in [0.25, 0.3) is 11.1 Å². The van der Waals surface area contributed by atoms with Crippen molar-refractivity contribution in [1.82, 2.24) is 24.6 Å². The lowest BCUT2D eigenvalue weighted by Gasteiger charge is -2.40. The van der Waals surface area contributed by atoms with Crippen LogP contribution in [0.3, 0.4) is 0 Å². The predicted molar refractivity (Wildman–Crippen MR) is 168 cm³/mol. The first-order valence-corrected chi connectivity index (χ1v) is 15.1. The molecule has 0 aliphatic carbocycles. The number of rotatable bonds is 10. The molecule has 11 heteroatoms. The standard InChI is InChI=1S/C33H38N8O3/c1-24(23-41-11-3-10-37-41)44-31-18-25(4-5-26(31)20-34)27-21-35-33(36-22-27)38-30-7-6-29(19-32(30)42-2)39-12-8-28(9-13-39)40-14-16-43-17-15-40/h3-7,10-11,18-19,21-22,24,28H,8-9,12-17,23H2,1-2H3,(H,35,36,38). The minimum Gasteiger partial charge on any atom is -0.494 e. The maximum atomic E-state index is 9.62. The number of methoxy groups -OCH3 is 1. The first-order chi connectivity index (χ1) is 21.6. The van der Waals surface area contributed by atoms with E-state index in [0.717, 1.165) is 80.5 Å². The summed E-state index contributed by atoms with van der Waals surface area (Å²) < 4.78 is 19.2. The van der Waals surface area contributed by atoms with Gasteiger partial charge in [0.2, 0.25) is 5.95 Å². The Hall–Kier alpha value is -4.66. The zero-order chi connectivity index (χ0) is 30.3. The highest BCUT2D eigenvalue weighted by atomic mass is 16.5. The van der Waals surface area contributed by atoms with Gasteiger partial charge in [0.1, 0.15) is 23.7 Å². The van der Waals surface area contributed by atoms with Gasteiger partial charge in [-0.25, -0.2) is 9.97 Å². The third-order valence-electron chi connectivity index (χ3n) is 8.24. The van der Waals surface area contributed by atoms with Gasteiger partial charge in [-0.15, -0.1) is 0 Å². The van der Waals surface area contributed by atoms with Crippen molar-refractivity contribution in [3.63, 3.8) is 0 Å². The summed E-state index contributed by atoms with van der Waals surface area (Å²) in [6, 6.07) is 16.4. The lowest BCUT2D eigenvalue weighted by atomic mass is 10.0. The third-order valence-corrected chi connectivity index (χ3v) is 8.24. The Bertz CT molecular complexity index is 1560.